The number of aryl methyl sites for hydroxylation is 2. The monoisotopic (exact) mass is 294 g/mol. The zero-order valence-corrected chi connectivity index (χ0v) is 11.2. The number of aromatic nitrogens is 1. The number of anilines is 2. The molecule has 0 aliphatic heterocycles. The Balaban J connectivity index is 2.25. The van der Waals surface area contributed by atoms with Gasteiger partial charge in [-0.15, -0.1) is 0 Å². The average Bonchev–Trinajstić information content (AvgIpc) is 2.29. The van der Waals surface area contributed by atoms with E-state index >= 15 is 0 Å². The quantitative estimate of drug-likeness (QED) is 0.891. The van der Waals surface area contributed by atoms with Crippen LogP contribution >= 0.6 is 15.9 Å². The molecule has 2 rings (SSSR count). The first-order chi connectivity index (χ1) is 8.06. The van der Waals surface area contributed by atoms with Crippen LogP contribution in [0.3, 0.4) is 0 Å². The third-order valence-electron chi connectivity index (χ3n) is 2.48. The van der Waals surface area contributed by atoms with Crippen LogP contribution in [-0.2, 0) is 0 Å². The highest BCUT2D eigenvalue weighted by Crippen LogP contribution is 2.21. The summed E-state index contributed by atoms with van der Waals surface area (Å²) in [6, 6.07) is 6.84. The fourth-order valence-corrected chi connectivity index (χ4v) is 1.69. The molecule has 0 spiro atoms. The van der Waals surface area contributed by atoms with Gasteiger partial charge >= 0.3 is 0 Å². The molecule has 0 amide bonds. The van der Waals surface area contributed by atoms with Crippen molar-refractivity contribution in [3.05, 3.63) is 51.9 Å². The van der Waals surface area contributed by atoms with Crippen molar-refractivity contribution < 1.29 is 4.39 Å². The number of benzene rings is 1. The highest BCUT2D eigenvalue weighted by molar-refractivity contribution is 9.10. The van der Waals surface area contributed by atoms with Crippen LogP contribution in [0.1, 0.15) is 11.1 Å². The molecule has 1 N–H and O–H groups in total. The average molecular weight is 295 g/mol. The van der Waals surface area contributed by atoms with E-state index in [4.69, 9.17) is 0 Å². The molecule has 1 aromatic carbocycles. The molecule has 0 aliphatic rings. The number of hydrogen-bond donors (Lipinski definition) is 1. The van der Waals surface area contributed by atoms with Crippen LogP contribution in [-0.4, -0.2) is 4.98 Å². The topological polar surface area (TPSA) is 24.9 Å². The van der Waals surface area contributed by atoms with Gasteiger partial charge in [0.25, 0.3) is 0 Å². The van der Waals surface area contributed by atoms with Crippen molar-refractivity contribution in [2.45, 2.75) is 13.8 Å². The van der Waals surface area contributed by atoms with Gasteiger partial charge in [-0.1, -0.05) is 0 Å². The van der Waals surface area contributed by atoms with Crippen molar-refractivity contribution in [2.75, 3.05) is 5.32 Å². The Hall–Kier alpha value is -1.42. The molecule has 0 aliphatic carbocycles. The van der Waals surface area contributed by atoms with E-state index in [9.17, 15) is 4.39 Å². The summed E-state index contributed by atoms with van der Waals surface area (Å²) >= 11 is 3.40. The van der Waals surface area contributed by atoms with Crippen LogP contribution in [0.25, 0.3) is 0 Å². The van der Waals surface area contributed by atoms with Crippen LogP contribution < -0.4 is 5.32 Å². The summed E-state index contributed by atoms with van der Waals surface area (Å²) in [5.41, 5.74) is 2.54. The minimum atomic E-state index is -0.199. The molecule has 0 fully saturated rings. The van der Waals surface area contributed by atoms with Crippen molar-refractivity contribution in [1.82, 2.24) is 4.98 Å². The van der Waals surface area contributed by atoms with Crippen LogP contribution in [0, 0.1) is 19.7 Å². The molecule has 1 heterocycles. The highest BCUT2D eigenvalue weighted by Gasteiger charge is 2.02. The second kappa shape index (κ2) is 4.84. The van der Waals surface area contributed by atoms with E-state index in [1.165, 1.54) is 6.07 Å². The number of rotatable bonds is 2. The fourth-order valence-electron chi connectivity index (χ4n) is 1.48. The van der Waals surface area contributed by atoms with E-state index in [1.807, 2.05) is 13.0 Å². The van der Waals surface area contributed by atoms with Crippen LogP contribution in [0.4, 0.5) is 15.9 Å². The van der Waals surface area contributed by atoms with Crippen LogP contribution in [0.5, 0.6) is 0 Å². The second-order valence-electron chi connectivity index (χ2n) is 3.91. The van der Waals surface area contributed by atoms with Gasteiger partial charge in [-0.3, -0.25) is 0 Å². The maximum atomic E-state index is 13.1. The first-order valence-electron chi connectivity index (χ1n) is 5.21. The van der Waals surface area contributed by atoms with E-state index in [2.05, 4.69) is 26.2 Å². The molecule has 0 unspecified atom stereocenters. The minimum absolute atomic E-state index is 0.199. The predicted molar refractivity (Wildman–Crippen MR) is 71.1 cm³/mol. The van der Waals surface area contributed by atoms with Gasteiger partial charge in [-0.05, 0) is 65.2 Å². The van der Waals surface area contributed by atoms with Crippen LogP contribution in [0.2, 0.25) is 0 Å². The Morgan fingerprint density at radius 1 is 1.18 bits per heavy atom. The lowest BCUT2D eigenvalue weighted by molar-refractivity contribution is 0.619. The SMILES string of the molecule is Cc1cc(Nc2cc(C)c(Br)cn2)ccc1F. The third kappa shape index (κ3) is 2.82. The first-order valence-corrected chi connectivity index (χ1v) is 6.01. The molecule has 4 heteroatoms. The zero-order chi connectivity index (χ0) is 12.4. The third-order valence-corrected chi connectivity index (χ3v) is 3.31. The molecule has 2 nitrogen and oxygen atoms in total. The fraction of sp³-hybridized carbons (Fsp3) is 0.154. The lowest BCUT2D eigenvalue weighted by Crippen LogP contribution is -1.95. The number of pyridine rings is 1. The highest BCUT2D eigenvalue weighted by atomic mass is 79.9. The van der Waals surface area contributed by atoms with E-state index in [0.29, 0.717) is 5.56 Å². The normalized spacial score (nSPS) is 10.4. The van der Waals surface area contributed by atoms with Crippen molar-refractivity contribution >= 4 is 27.4 Å². The van der Waals surface area contributed by atoms with Gasteiger partial charge in [0.1, 0.15) is 11.6 Å². The Morgan fingerprint density at radius 3 is 2.59 bits per heavy atom. The summed E-state index contributed by atoms with van der Waals surface area (Å²) in [5, 5.41) is 3.14. The van der Waals surface area contributed by atoms with Crippen LogP contribution in [0.15, 0.2) is 34.9 Å². The summed E-state index contributed by atoms with van der Waals surface area (Å²) in [6.45, 7) is 3.73. The van der Waals surface area contributed by atoms with E-state index < -0.39 is 0 Å². The number of halogens is 2. The summed E-state index contributed by atoms with van der Waals surface area (Å²) in [7, 11) is 0. The Morgan fingerprint density at radius 2 is 1.94 bits per heavy atom. The summed E-state index contributed by atoms with van der Waals surface area (Å²) in [6.07, 6.45) is 1.74. The maximum absolute atomic E-state index is 13.1. The van der Waals surface area contributed by atoms with E-state index in [1.54, 1.807) is 25.3 Å². The molecule has 1 aromatic heterocycles. The summed E-state index contributed by atoms with van der Waals surface area (Å²) in [4.78, 5) is 4.23. The molecule has 2 aromatic rings. The molecule has 17 heavy (non-hydrogen) atoms. The molecule has 0 saturated heterocycles. The van der Waals surface area contributed by atoms with E-state index in [-0.39, 0.29) is 5.82 Å². The number of nitrogens with zero attached hydrogens (tertiary/aromatic N) is 1. The zero-order valence-electron chi connectivity index (χ0n) is 9.59. The second-order valence-corrected chi connectivity index (χ2v) is 4.76. The molecule has 0 radical (unpaired) electrons. The minimum Gasteiger partial charge on any atom is -0.340 e. The number of nitrogens with one attached hydrogen (secondary N) is 1. The van der Waals surface area contributed by atoms with Gasteiger partial charge in [0.2, 0.25) is 0 Å². The largest absolute Gasteiger partial charge is 0.340 e. The molecule has 0 saturated carbocycles. The lowest BCUT2D eigenvalue weighted by atomic mass is 10.2. The van der Waals surface area contributed by atoms with Gasteiger partial charge in [0, 0.05) is 16.4 Å². The van der Waals surface area contributed by atoms with Crippen molar-refractivity contribution in [1.29, 1.82) is 0 Å². The Kier molecular flexibility index (Phi) is 3.43. The van der Waals surface area contributed by atoms with Crippen molar-refractivity contribution in [3.63, 3.8) is 0 Å². The molecular weight excluding hydrogens is 283 g/mol. The lowest BCUT2D eigenvalue weighted by Gasteiger charge is -2.08. The standard InChI is InChI=1S/C13H12BrFN2/c1-8-6-13(16-7-11(8)14)17-10-3-4-12(15)9(2)5-10/h3-7H,1-2H3,(H,16,17). The first kappa shape index (κ1) is 12.0. The van der Waals surface area contributed by atoms with Gasteiger partial charge in [-0.25, -0.2) is 9.37 Å². The molecular formula is C13H12BrFN2. The van der Waals surface area contributed by atoms with Gasteiger partial charge in [0.15, 0.2) is 0 Å². The predicted octanol–water partition coefficient (Wildman–Crippen LogP) is 4.34. The molecule has 0 bridgehead atoms. The maximum Gasteiger partial charge on any atom is 0.130 e. The Bertz CT molecular complexity index is 506. The van der Waals surface area contributed by atoms with Gasteiger partial charge in [-0.2, -0.15) is 0 Å². The number of hydrogen-bond acceptors (Lipinski definition) is 2. The van der Waals surface area contributed by atoms with E-state index in [0.717, 1.165) is 21.5 Å². The Labute approximate surface area is 108 Å². The van der Waals surface area contributed by atoms with Crippen molar-refractivity contribution in [3.8, 4) is 0 Å². The summed E-state index contributed by atoms with van der Waals surface area (Å²) in [5.74, 6) is 0.548. The van der Waals surface area contributed by atoms with Gasteiger partial charge in [0.05, 0.1) is 0 Å². The van der Waals surface area contributed by atoms with Gasteiger partial charge < -0.3 is 5.32 Å². The van der Waals surface area contributed by atoms with Crippen molar-refractivity contribution in [2.24, 2.45) is 0 Å². The smallest absolute Gasteiger partial charge is 0.130 e. The molecule has 0 atom stereocenters. The summed E-state index contributed by atoms with van der Waals surface area (Å²) < 4.78 is 14.1. The molecule has 88 valence electrons.